The van der Waals surface area contributed by atoms with Crippen molar-refractivity contribution in [2.45, 2.75) is 19.6 Å². The summed E-state index contributed by atoms with van der Waals surface area (Å²) in [6, 6.07) is 11.2. The number of carbonyl (C=O) groups is 2. The Hall–Kier alpha value is -3.13. The monoisotopic (exact) mass is 401 g/mol. The molecule has 0 saturated carbocycles. The van der Waals surface area contributed by atoms with Crippen LogP contribution in [-0.4, -0.2) is 24.8 Å². The van der Waals surface area contributed by atoms with Crippen LogP contribution in [0.5, 0.6) is 11.5 Å². The lowest BCUT2D eigenvalue weighted by Crippen LogP contribution is -2.35. The molecule has 28 heavy (non-hydrogen) atoms. The van der Waals surface area contributed by atoms with Gasteiger partial charge in [0.25, 0.3) is 5.91 Å². The van der Waals surface area contributed by atoms with Crippen molar-refractivity contribution in [3.63, 3.8) is 0 Å². The molecule has 0 fully saturated rings. The van der Waals surface area contributed by atoms with E-state index in [0.29, 0.717) is 21.8 Å². The van der Waals surface area contributed by atoms with E-state index >= 15 is 0 Å². The third kappa shape index (κ3) is 3.77. The molecular formula is C20H16FNO5S. The van der Waals surface area contributed by atoms with Crippen LogP contribution < -0.4 is 14.8 Å². The van der Waals surface area contributed by atoms with Crippen LogP contribution >= 0.6 is 11.3 Å². The molecule has 144 valence electrons. The molecule has 0 unspecified atom stereocenters. The highest BCUT2D eigenvalue weighted by Crippen LogP contribution is 2.32. The molecule has 0 spiro atoms. The second kappa shape index (κ2) is 7.47. The molecule has 1 aliphatic rings. The Balaban J connectivity index is 1.34. The van der Waals surface area contributed by atoms with Gasteiger partial charge in [0.2, 0.25) is 6.79 Å². The van der Waals surface area contributed by atoms with Gasteiger partial charge in [0, 0.05) is 11.2 Å². The number of esters is 1. The Labute approximate surface area is 163 Å². The topological polar surface area (TPSA) is 73.9 Å². The zero-order valence-electron chi connectivity index (χ0n) is 14.9. The van der Waals surface area contributed by atoms with Crippen LogP contribution in [0.15, 0.2) is 42.5 Å². The fraction of sp³-hybridized carbons (Fsp3) is 0.200. The number of hydrogen-bond donors (Lipinski definition) is 1. The van der Waals surface area contributed by atoms with Crippen LogP contribution in [0.1, 0.15) is 22.2 Å². The molecule has 2 heterocycles. The van der Waals surface area contributed by atoms with Gasteiger partial charge in [-0.15, -0.1) is 11.3 Å². The number of fused-ring (bicyclic) bond motifs is 2. The van der Waals surface area contributed by atoms with E-state index in [-0.39, 0.29) is 19.2 Å². The molecule has 0 bridgehead atoms. The first-order chi connectivity index (χ1) is 13.5. The van der Waals surface area contributed by atoms with Gasteiger partial charge in [-0.2, -0.15) is 0 Å². The molecule has 6 nitrogen and oxygen atoms in total. The lowest BCUT2D eigenvalue weighted by molar-refractivity contribution is -0.129. The Kier molecular flexibility index (Phi) is 4.87. The van der Waals surface area contributed by atoms with Gasteiger partial charge in [0.15, 0.2) is 17.6 Å². The standard InChI is InChI=1S/C20H16FNO5S/c1-11(19(23)22-9-12-2-4-15-16(6-12)26-10-25-15)27-20(24)18-8-13-7-14(21)3-5-17(13)28-18/h2-8,11H,9-10H2,1H3,(H,22,23)/t11-/m0/s1. The number of hydrogen-bond acceptors (Lipinski definition) is 6. The molecule has 0 aliphatic carbocycles. The maximum Gasteiger partial charge on any atom is 0.349 e. The molecule has 2 aromatic carbocycles. The summed E-state index contributed by atoms with van der Waals surface area (Å²) >= 11 is 1.19. The maximum absolute atomic E-state index is 13.3. The minimum Gasteiger partial charge on any atom is -0.454 e. The predicted molar refractivity (Wildman–Crippen MR) is 101 cm³/mol. The van der Waals surface area contributed by atoms with Crippen molar-refractivity contribution in [3.05, 3.63) is 58.7 Å². The number of thiophene rings is 1. The molecule has 1 aromatic heterocycles. The van der Waals surface area contributed by atoms with Crippen LogP contribution in [0.2, 0.25) is 0 Å². The van der Waals surface area contributed by atoms with Gasteiger partial charge in [-0.1, -0.05) is 6.07 Å². The third-order valence-electron chi connectivity index (χ3n) is 4.24. The van der Waals surface area contributed by atoms with Crippen molar-refractivity contribution in [3.8, 4) is 11.5 Å². The molecule has 1 N–H and O–H groups in total. The summed E-state index contributed by atoms with van der Waals surface area (Å²) in [5, 5.41) is 3.34. The average Bonchev–Trinajstić information content (AvgIpc) is 3.31. The fourth-order valence-electron chi connectivity index (χ4n) is 2.77. The van der Waals surface area contributed by atoms with E-state index in [1.807, 2.05) is 6.07 Å². The van der Waals surface area contributed by atoms with Crippen molar-refractivity contribution < 1.29 is 28.2 Å². The van der Waals surface area contributed by atoms with Crippen molar-refractivity contribution in [1.29, 1.82) is 0 Å². The number of benzene rings is 2. The third-order valence-corrected chi connectivity index (χ3v) is 5.33. The van der Waals surface area contributed by atoms with Gasteiger partial charge in [-0.05, 0) is 54.3 Å². The first-order valence-electron chi connectivity index (χ1n) is 8.56. The van der Waals surface area contributed by atoms with Crippen LogP contribution in [0.25, 0.3) is 10.1 Å². The van der Waals surface area contributed by atoms with Gasteiger partial charge in [0.1, 0.15) is 10.7 Å². The molecule has 3 aromatic rings. The minimum absolute atomic E-state index is 0.183. The van der Waals surface area contributed by atoms with E-state index in [4.69, 9.17) is 14.2 Å². The Morgan fingerprint density at radius 3 is 2.86 bits per heavy atom. The summed E-state index contributed by atoms with van der Waals surface area (Å²) in [6.07, 6.45) is -0.969. The molecule has 0 saturated heterocycles. The number of ether oxygens (including phenoxy) is 3. The van der Waals surface area contributed by atoms with E-state index in [1.54, 1.807) is 24.3 Å². The second-order valence-electron chi connectivity index (χ2n) is 6.25. The second-order valence-corrected chi connectivity index (χ2v) is 7.33. The van der Waals surface area contributed by atoms with Crippen molar-refractivity contribution in [1.82, 2.24) is 5.32 Å². The maximum atomic E-state index is 13.3. The zero-order chi connectivity index (χ0) is 19.7. The predicted octanol–water partition coefficient (Wildman–Crippen LogP) is 3.63. The van der Waals surface area contributed by atoms with Gasteiger partial charge < -0.3 is 19.5 Å². The molecule has 0 radical (unpaired) electrons. The van der Waals surface area contributed by atoms with Gasteiger partial charge in [-0.3, -0.25) is 4.79 Å². The van der Waals surface area contributed by atoms with E-state index in [1.165, 1.54) is 30.4 Å². The SMILES string of the molecule is C[C@H](OC(=O)c1cc2cc(F)ccc2s1)C(=O)NCc1ccc2c(c1)OCO2. The van der Waals surface area contributed by atoms with Crippen LogP contribution in [0.3, 0.4) is 0 Å². The van der Waals surface area contributed by atoms with E-state index in [9.17, 15) is 14.0 Å². The molecule has 4 rings (SSSR count). The summed E-state index contributed by atoms with van der Waals surface area (Å²) < 4.78 is 29.8. The number of carbonyl (C=O) groups excluding carboxylic acids is 2. The van der Waals surface area contributed by atoms with Crippen LogP contribution in [0, 0.1) is 5.82 Å². The van der Waals surface area contributed by atoms with Crippen molar-refractivity contribution in [2.24, 2.45) is 0 Å². The molecular weight excluding hydrogens is 385 g/mol. The largest absolute Gasteiger partial charge is 0.454 e. The van der Waals surface area contributed by atoms with Gasteiger partial charge in [0.05, 0.1) is 0 Å². The Morgan fingerprint density at radius 1 is 1.18 bits per heavy atom. The molecule has 8 heteroatoms. The Morgan fingerprint density at radius 2 is 2.00 bits per heavy atom. The lowest BCUT2D eigenvalue weighted by Gasteiger charge is -2.13. The highest BCUT2D eigenvalue weighted by molar-refractivity contribution is 7.20. The minimum atomic E-state index is -0.969. The molecule has 1 aliphatic heterocycles. The summed E-state index contributed by atoms with van der Waals surface area (Å²) in [4.78, 5) is 24.9. The number of nitrogens with one attached hydrogen (secondary N) is 1. The first kappa shape index (κ1) is 18.2. The first-order valence-corrected chi connectivity index (χ1v) is 9.37. The van der Waals surface area contributed by atoms with Crippen LogP contribution in [0.4, 0.5) is 4.39 Å². The van der Waals surface area contributed by atoms with E-state index < -0.39 is 18.0 Å². The highest BCUT2D eigenvalue weighted by atomic mass is 32.1. The Bertz CT molecular complexity index is 1060. The number of amides is 1. The average molecular weight is 401 g/mol. The highest BCUT2D eigenvalue weighted by Gasteiger charge is 2.21. The summed E-state index contributed by atoms with van der Waals surface area (Å²) in [7, 11) is 0. The summed E-state index contributed by atoms with van der Waals surface area (Å²) in [5.74, 6) is -0.111. The van der Waals surface area contributed by atoms with E-state index in [0.717, 1.165) is 10.3 Å². The summed E-state index contributed by atoms with van der Waals surface area (Å²) in [5.41, 5.74) is 0.836. The lowest BCUT2D eigenvalue weighted by atomic mass is 10.2. The molecule has 1 atom stereocenters. The van der Waals surface area contributed by atoms with Crippen LogP contribution in [-0.2, 0) is 16.1 Å². The van der Waals surface area contributed by atoms with Crippen molar-refractivity contribution >= 4 is 33.3 Å². The number of halogens is 1. The number of rotatable bonds is 5. The quantitative estimate of drug-likeness (QED) is 0.661. The van der Waals surface area contributed by atoms with Gasteiger partial charge in [-0.25, -0.2) is 9.18 Å². The van der Waals surface area contributed by atoms with Crippen molar-refractivity contribution in [2.75, 3.05) is 6.79 Å². The normalized spacial score (nSPS) is 13.4. The summed E-state index contributed by atoms with van der Waals surface area (Å²) in [6.45, 7) is 1.95. The van der Waals surface area contributed by atoms with Gasteiger partial charge >= 0.3 is 5.97 Å². The molecule has 1 amide bonds. The zero-order valence-corrected chi connectivity index (χ0v) is 15.7. The van der Waals surface area contributed by atoms with E-state index in [2.05, 4.69) is 5.32 Å². The smallest absolute Gasteiger partial charge is 0.349 e. The fourth-order valence-corrected chi connectivity index (χ4v) is 3.70.